The Morgan fingerprint density at radius 3 is 2.56 bits per heavy atom. The summed E-state index contributed by atoms with van der Waals surface area (Å²) in [5.41, 5.74) is 12.3. The Bertz CT molecular complexity index is 977. The standard InChI is InChI=1S/C18H19F3N6/c1-27-5-4-9-12(8-27)16(11(7-23)17(25)18(19,20)21)26-14-3-2-13(24)10(6-22)15(9)14/h2-3,6-7,22-23H,4-5,8,24-25H2,1H3. The zero-order chi connectivity index (χ0) is 19.9. The number of likely N-dealkylation sites (N-methyl/N-ethyl adjacent to an activating group) is 1. The highest BCUT2D eigenvalue weighted by Gasteiger charge is 2.36. The Morgan fingerprint density at radius 2 is 1.96 bits per heavy atom. The number of fused-ring (bicyclic) bond motifs is 3. The van der Waals surface area contributed by atoms with E-state index in [4.69, 9.17) is 22.3 Å². The molecule has 0 bridgehead atoms. The quantitative estimate of drug-likeness (QED) is 0.487. The van der Waals surface area contributed by atoms with E-state index in [9.17, 15) is 13.2 Å². The van der Waals surface area contributed by atoms with Gasteiger partial charge in [-0.2, -0.15) is 13.2 Å². The van der Waals surface area contributed by atoms with Crippen LogP contribution < -0.4 is 11.5 Å². The SMILES string of the molecule is CN1CCc2c(c(C(C=N)=C(N)C(F)(F)F)nc3ccc(N)c(C=N)c23)C1. The largest absolute Gasteiger partial charge is 0.431 e. The van der Waals surface area contributed by atoms with Gasteiger partial charge in [0.15, 0.2) is 0 Å². The third-order valence-corrected chi connectivity index (χ3v) is 4.75. The lowest BCUT2D eigenvalue weighted by molar-refractivity contribution is -0.0919. The molecule has 1 aromatic carbocycles. The predicted molar refractivity (Wildman–Crippen MR) is 100 cm³/mol. The molecule has 0 saturated carbocycles. The minimum Gasteiger partial charge on any atom is -0.398 e. The number of allylic oxidation sites excluding steroid dienone is 2. The van der Waals surface area contributed by atoms with Crippen molar-refractivity contribution in [2.75, 3.05) is 19.3 Å². The summed E-state index contributed by atoms with van der Waals surface area (Å²) in [6.07, 6.45) is -2.46. The van der Waals surface area contributed by atoms with Crippen LogP contribution in [0.15, 0.2) is 17.8 Å². The highest BCUT2D eigenvalue weighted by Crippen LogP contribution is 2.36. The van der Waals surface area contributed by atoms with Crippen molar-refractivity contribution in [2.24, 2.45) is 5.73 Å². The first kappa shape index (κ1) is 18.8. The molecule has 6 nitrogen and oxygen atoms in total. The van der Waals surface area contributed by atoms with Crippen LogP contribution in [0.3, 0.4) is 0 Å². The van der Waals surface area contributed by atoms with E-state index in [0.29, 0.717) is 53.4 Å². The van der Waals surface area contributed by atoms with Crippen LogP contribution >= 0.6 is 0 Å². The Morgan fingerprint density at radius 1 is 1.26 bits per heavy atom. The molecule has 1 aromatic heterocycles. The maximum absolute atomic E-state index is 13.2. The van der Waals surface area contributed by atoms with Crippen LogP contribution in [-0.4, -0.2) is 42.1 Å². The first-order valence-electron chi connectivity index (χ1n) is 8.19. The highest BCUT2D eigenvalue weighted by molar-refractivity contribution is 6.11. The molecule has 9 heteroatoms. The summed E-state index contributed by atoms with van der Waals surface area (Å²) < 4.78 is 39.6. The average molecular weight is 376 g/mol. The molecule has 142 valence electrons. The molecule has 0 atom stereocenters. The summed E-state index contributed by atoms with van der Waals surface area (Å²) in [5.74, 6) is 0. The molecule has 0 saturated heterocycles. The maximum atomic E-state index is 13.2. The van der Waals surface area contributed by atoms with Gasteiger partial charge in [-0.25, -0.2) is 4.98 Å². The second kappa shape index (κ2) is 6.66. The van der Waals surface area contributed by atoms with Gasteiger partial charge in [0.2, 0.25) is 0 Å². The molecule has 0 aliphatic carbocycles. The number of alkyl halides is 3. The van der Waals surface area contributed by atoms with Gasteiger partial charge in [0.05, 0.1) is 11.2 Å². The minimum atomic E-state index is -4.77. The third kappa shape index (κ3) is 3.14. The van der Waals surface area contributed by atoms with Crippen LogP contribution in [0.4, 0.5) is 18.9 Å². The van der Waals surface area contributed by atoms with E-state index < -0.39 is 17.4 Å². The van der Waals surface area contributed by atoms with Gasteiger partial charge in [-0.3, -0.25) is 0 Å². The number of hydrogen-bond donors (Lipinski definition) is 4. The zero-order valence-corrected chi connectivity index (χ0v) is 14.6. The lowest BCUT2D eigenvalue weighted by Crippen LogP contribution is -2.29. The fraction of sp³-hybridized carbons (Fsp3) is 0.278. The number of rotatable bonds is 3. The molecule has 1 aliphatic rings. The van der Waals surface area contributed by atoms with Gasteiger partial charge in [0.25, 0.3) is 0 Å². The molecule has 3 rings (SSSR count). The molecule has 0 radical (unpaired) electrons. The van der Waals surface area contributed by atoms with Gasteiger partial charge in [-0.05, 0) is 36.7 Å². The Kier molecular flexibility index (Phi) is 4.64. The number of pyridine rings is 1. The van der Waals surface area contributed by atoms with Crippen LogP contribution in [0.2, 0.25) is 0 Å². The molecule has 2 aromatic rings. The van der Waals surface area contributed by atoms with E-state index in [1.165, 1.54) is 0 Å². The number of nitrogens with one attached hydrogen (secondary N) is 2. The number of nitrogen functional groups attached to an aromatic ring is 1. The molecular formula is C18H19F3N6. The van der Waals surface area contributed by atoms with Gasteiger partial charge in [0, 0.05) is 47.7 Å². The van der Waals surface area contributed by atoms with Crippen molar-refractivity contribution < 1.29 is 13.2 Å². The van der Waals surface area contributed by atoms with Crippen LogP contribution in [0, 0.1) is 10.8 Å². The number of nitrogens with two attached hydrogens (primary N) is 2. The topological polar surface area (TPSA) is 116 Å². The second-order valence-electron chi connectivity index (χ2n) is 6.48. The zero-order valence-electron chi connectivity index (χ0n) is 14.6. The molecule has 6 N–H and O–H groups in total. The van der Waals surface area contributed by atoms with Crippen LogP contribution in [0.25, 0.3) is 16.5 Å². The minimum absolute atomic E-state index is 0.0505. The molecule has 1 aliphatic heterocycles. The van der Waals surface area contributed by atoms with E-state index in [1.54, 1.807) is 12.1 Å². The summed E-state index contributed by atoms with van der Waals surface area (Å²) >= 11 is 0. The highest BCUT2D eigenvalue weighted by atomic mass is 19.4. The van der Waals surface area contributed by atoms with E-state index in [0.717, 1.165) is 11.8 Å². The van der Waals surface area contributed by atoms with Crippen molar-refractivity contribution in [1.82, 2.24) is 9.88 Å². The summed E-state index contributed by atoms with van der Waals surface area (Å²) in [4.78, 5) is 6.36. The lowest BCUT2D eigenvalue weighted by Gasteiger charge is -2.29. The summed E-state index contributed by atoms with van der Waals surface area (Å²) in [6, 6.07) is 3.19. The Labute approximate surface area is 153 Å². The Balaban J connectivity index is 2.45. The molecular weight excluding hydrogens is 357 g/mol. The molecule has 0 fully saturated rings. The van der Waals surface area contributed by atoms with Crippen molar-refractivity contribution >= 4 is 34.6 Å². The van der Waals surface area contributed by atoms with Gasteiger partial charge in [-0.15, -0.1) is 0 Å². The first-order valence-corrected chi connectivity index (χ1v) is 8.19. The molecule has 0 amide bonds. The number of nitrogens with zero attached hydrogens (tertiary/aromatic N) is 2. The smallest absolute Gasteiger partial charge is 0.398 e. The monoisotopic (exact) mass is 376 g/mol. The molecule has 2 heterocycles. The van der Waals surface area contributed by atoms with Crippen molar-refractivity contribution in [2.45, 2.75) is 19.1 Å². The maximum Gasteiger partial charge on any atom is 0.431 e. The van der Waals surface area contributed by atoms with Gasteiger partial charge < -0.3 is 27.2 Å². The van der Waals surface area contributed by atoms with Crippen LogP contribution in [0.5, 0.6) is 0 Å². The van der Waals surface area contributed by atoms with E-state index in [-0.39, 0.29) is 5.69 Å². The van der Waals surface area contributed by atoms with Crippen LogP contribution in [0.1, 0.15) is 22.4 Å². The van der Waals surface area contributed by atoms with Crippen molar-refractivity contribution in [3.05, 3.63) is 40.2 Å². The summed E-state index contributed by atoms with van der Waals surface area (Å²) in [7, 11) is 1.86. The van der Waals surface area contributed by atoms with Gasteiger partial charge in [0.1, 0.15) is 5.70 Å². The summed E-state index contributed by atoms with van der Waals surface area (Å²) in [5, 5.41) is 15.9. The predicted octanol–water partition coefficient (Wildman–Crippen LogP) is 2.68. The van der Waals surface area contributed by atoms with E-state index in [2.05, 4.69) is 4.98 Å². The normalized spacial score (nSPS) is 16.0. The fourth-order valence-corrected chi connectivity index (χ4v) is 3.42. The van der Waals surface area contributed by atoms with Gasteiger partial charge >= 0.3 is 6.18 Å². The number of anilines is 1. The van der Waals surface area contributed by atoms with E-state index >= 15 is 0 Å². The number of halogens is 3. The fourth-order valence-electron chi connectivity index (χ4n) is 3.42. The summed E-state index contributed by atoms with van der Waals surface area (Å²) in [6.45, 7) is 1.07. The third-order valence-electron chi connectivity index (χ3n) is 4.75. The number of aromatic nitrogens is 1. The van der Waals surface area contributed by atoms with Gasteiger partial charge in [-0.1, -0.05) is 0 Å². The van der Waals surface area contributed by atoms with Crippen molar-refractivity contribution in [3.63, 3.8) is 0 Å². The van der Waals surface area contributed by atoms with E-state index in [1.807, 2.05) is 11.9 Å². The molecule has 0 spiro atoms. The van der Waals surface area contributed by atoms with Crippen molar-refractivity contribution in [1.29, 1.82) is 10.8 Å². The number of hydrogen-bond acceptors (Lipinski definition) is 6. The number of benzene rings is 1. The first-order chi connectivity index (χ1) is 12.7. The van der Waals surface area contributed by atoms with Crippen LogP contribution in [-0.2, 0) is 13.0 Å². The molecule has 27 heavy (non-hydrogen) atoms. The van der Waals surface area contributed by atoms with Crippen molar-refractivity contribution in [3.8, 4) is 0 Å². The molecule has 0 unspecified atom stereocenters. The lowest BCUT2D eigenvalue weighted by atomic mass is 9.89. The Hall–Kier alpha value is -2.94. The average Bonchev–Trinajstić information content (AvgIpc) is 2.61. The second-order valence-corrected chi connectivity index (χ2v) is 6.48.